The maximum atomic E-state index is 12.1. The van der Waals surface area contributed by atoms with Crippen molar-refractivity contribution >= 4 is 11.6 Å². The molecule has 1 amide bonds. The number of aryl methyl sites for hydroxylation is 1. The molecule has 0 aliphatic carbocycles. The van der Waals surface area contributed by atoms with Crippen molar-refractivity contribution in [3.8, 4) is 11.5 Å². The van der Waals surface area contributed by atoms with Crippen LogP contribution in [0.5, 0.6) is 11.5 Å². The van der Waals surface area contributed by atoms with Gasteiger partial charge in [-0.05, 0) is 68.4 Å². The minimum atomic E-state index is -4.74. The van der Waals surface area contributed by atoms with E-state index in [1.807, 2.05) is 36.2 Å². The molecule has 8 heteroatoms. The van der Waals surface area contributed by atoms with Crippen molar-refractivity contribution in [3.05, 3.63) is 54.1 Å². The lowest BCUT2D eigenvalue weighted by molar-refractivity contribution is -0.274. The smallest absolute Gasteiger partial charge is 0.497 e. The van der Waals surface area contributed by atoms with Gasteiger partial charge in [0.2, 0.25) is 5.91 Å². The van der Waals surface area contributed by atoms with Crippen LogP contribution in [0.2, 0.25) is 0 Å². The Labute approximate surface area is 162 Å². The van der Waals surface area contributed by atoms with Gasteiger partial charge in [-0.2, -0.15) is 0 Å². The zero-order valence-electron chi connectivity index (χ0n) is 15.8. The van der Waals surface area contributed by atoms with Crippen molar-refractivity contribution in [2.24, 2.45) is 0 Å². The number of rotatable bonds is 9. The first-order valence-electron chi connectivity index (χ1n) is 8.72. The fourth-order valence-corrected chi connectivity index (χ4v) is 2.61. The minimum Gasteiger partial charge on any atom is -0.497 e. The van der Waals surface area contributed by atoms with E-state index in [2.05, 4.69) is 10.1 Å². The molecule has 152 valence electrons. The number of hydrogen-bond donors (Lipinski definition) is 1. The summed E-state index contributed by atoms with van der Waals surface area (Å²) >= 11 is 0. The van der Waals surface area contributed by atoms with Gasteiger partial charge in [0.25, 0.3) is 0 Å². The highest BCUT2D eigenvalue weighted by molar-refractivity contribution is 5.92. The van der Waals surface area contributed by atoms with Crippen LogP contribution in [0, 0.1) is 0 Å². The molecule has 0 saturated carbocycles. The molecule has 0 aliphatic heterocycles. The summed E-state index contributed by atoms with van der Waals surface area (Å²) in [6, 6.07) is 12.9. The summed E-state index contributed by atoms with van der Waals surface area (Å²) in [6.45, 7) is 0.918. The van der Waals surface area contributed by atoms with Crippen LogP contribution in [0.4, 0.5) is 18.9 Å². The van der Waals surface area contributed by atoms with Crippen LogP contribution in [0.1, 0.15) is 12.0 Å². The maximum absolute atomic E-state index is 12.1. The summed E-state index contributed by atoms with van der Waals surface area (Å²) in [5, 5.41) is 2.65. The van der Waals surface area contributed by atoms with E-state index in [1.165, 1.54) is 17.7 Å². The van der Waals surface area contributed by atoms with Gasteiger partial charge < -0.3 is 14.8 Å². The molecular formula is C20H23F3N2O3. The van der Waals surface area contributed by atoms with Gasteiger partial charge in [0.1, 0.15) is 11.5 Å². The van der Waals surface area contributed by atoms with E-state index in [4.69, 9.17) is 4.74 Å². The molecule has 0 radical (unpaired) electrons. The molecule has 28 heavy (non-hydrogen) atoms. The molecule has 0 heterocycles. The molecule has 0 spiro atoms. The van der Waals surface area contributed by atoms with Gasteiger partial charge in [-0.25, -0.2) is 0 Å². The number of likely N-dealkylation sites (N-methyl/N-ethyl adjacent to an activating group) is 1. The number of benzene rings is 2. The largest absolute Gasteiger partial charge is 0.573 e. The predicted octanol–water partition coefficient (Wildman–Crippen LogP) is 4.10. The van der Waals surface area contributed by atoms with E-state index < -0.39 is 6.36 Å². The van der Waals surface area contributed by atoms with Crippen molar-refractivity contribution < 1.29 is 27.4 Å². The lowest BCUT2D eigenvalue weighted by atomic mass is 10.1. The number of carbonyl (C=O) groups is 1. The zero-order chi connectivity index (χ0) is 20.6. The highest BCUT2D eigenvalue weighted by atomic mass is 19.4. The number of nitrogens with zero attached hydrogens (tertiary/aromatic N) is 1. The second-order valence-electron chi connectivity index (χ2n) is 6.31. The Morgan fingerprint density at radius 1 is 1.04 bits per heavy atom. The summed E-state index contributed by atoms with van der Waals surface area (Å²) in [5.41, 5.74) is 1.60. The van der Waals surface area contributed by atoms with Crippen LogP contribution >= 0.6 is 0 Å². The molecule has 0 fully saturated rings. The molecular weight excluding hydrogens is 373 g/mol. The highest BCUT2D eigenvalue weighted by Gasteiger charge is 2.30. The second-order valence-corrected chi connectivity index (χ2v) is 6.31. The Kier molecular flexibility index (Phi) is 7.69. The average molecular weight is 396 g/mol. The standard InChI is InChI=1S/C20H23F3N2O3/c1-25(13-3-4-15-5-9-17(27-2)10-6-15)14-19(26)24-16-7-11-18(12-8-16)28-20(21,22)23/h5-12H,3-4,13-14H2,1-2H3,(H,24,26). The molecule has 2 aromatic rings. The van der Waals surface area contributed by atoms with Gasteiger partial charge in [-0.15, -0.1) is 13.2 Å². The number of amides is 1. The van der Waals surface area contributed by atoms with Crippen LogP contribution in [0.3, 0.4) is 0 Å². The summed E-state index contributed by atoms with van der Waals surface area (Å²) in [5.74, 6) is 0.244. The minimum absolute atomic E-state index is 0.184. The molecule has 2 aromatic carbocycles. The fourth-order valence-electron chi connectivity index (χ4n) is 2.61. The summed E-state index contributed by atoms with van der Waals surface area (Å²) in [6.07, 6.45) is -2.96. The van der Waals surface area contributed by atoms with Gasteiger partial charge in [-0.3, -0.25) is 9.69 Å². The van der Waals surface area contributed by atoms with E-state index in [0.717, 1.165) is 37.3 Å². The normalized spacial score (nSPS) is 11.4. The molecule has 0 atom stereocenters. The van der Waals surface area contributed by atoms with Crippen LogP contribution in [-0.2, 0) is 11.2 Å². The monoisotopic (exact) mass is 396 g/mol. The molecule has 0 aromatic heterocycles. The number of anilines is 1. The van der Waals surface area contributed by atoms with E-state index in [9.17, 15) is 18.0 Å². The highest BCUT2D eigenvalue weighted by Crippen LogP contribution is 2.23. The van der Waals surface area contributed by atoms with Crippen molar-refractivity contribution in [2.75, 3.05) is 32.6 Å². The molecule has 1 N–H and O–H groups in total. The SMILES string of the molecule is COc1ccc(CCCN(C)CC(=O)Nc2ccc(OC(F)(F)F)cc2)cc1. The van der Waals surface area contributed by atoms with Gasteiger partial charge in [0.05, 0.1) is 13.7 Å². The second kappa shape index (κ2) is 9.98. The first-order chi connectivity index (χ1) is 13.2. The first-order valence-corrected chi connectivity index (χ1v) is 8.72. The van der Waals surface area contributed by atoms with Crippen molar-refractivity contribution in [1.29, 1.82) is 0 Å². The van der Waals surface area contributed by atoms with E-state index >= 15 is 0 Å². The summed E-state index contributed by atoms with van der Waals surface area (Å²) in [4.78, 5) is 14.0. The van der Waals surface area contributed by atoms with E-state index in [-0.39, 0.29) is 18.2 Å². The topological polar surface area (TPSA) is 50.8 Å². The third-order valence-electron chi connectivity index (χ3n) is 3.95. The quantitative estimate of drug-likeness (QED) is 0.694. The van der Waals surface area contributed by atoms with Gasteiger partial charge in [0, 0.05) is 5.69 Å². The number of hydrogen-bond acceptors (Lipinski definition) is 4. The molecule has 2 rings (SSSR count). The van der Waals surface area contributed by atoms with Gasteiger partial charge in [0.15, 0.2) is 0 Å². The number of ether oxygens (including phenoxy) is 2. The Bertz CT molecular complexity index is 747. The van der Waals surface area contributed by atoms with E-state index in [1.54, 1.807) is 7.11 Å². The fraction of sp³-hybridized carbons (Fsp3) is 0.350. The maximum Gasteiger partial charge on any atom is 0.573 e. The molecule has 0 aliphatic rings. The lowest BCUT2D eigenvalue weighted by Crippen LogP contribution is -2.31. The summed E-state index contributed by atoms with van der Waals surface area (Å²) < 4.78 is 45.3. The lowest BCUT2D eigenvalue weighted by Gasteiger charge is -2.16. The van der Waals surface area contributed by atoms with Crippen LogP contribution in [0.25, 0.3) is 0 Å². The Hall–Kier alpha value is -2.74. The summed E-state index contributed by atoms with van der Waals surface area (Å²) in [7, 11) is 3.47. The number of nitrogens with one attached hydrogen (secondary N) is 1. The average Bonchev–Trinajstić information content (AvgIpc) is 2.62. The number of carbonyl (C=O) groups excluding carboxylic acids is 1. The van der Waals surface area contributed by atoms with Crippen LogP contribution < -0.4 is 14.8 Å². The molecule has 0 saturated heterocycles. The van der Waals surface area contributed by atoms with Crippen LogP contribution in [0.15, 0.2) is 48.5 Å². The van der Waals surface area contributed by atoms with Crippen molar-refractivity contribution in [1.82, 2.24) is 4.90 Å². The Balaban J connectivity index is 1.71. The number of halogens is 3. The third-order valence-corrected chi connectivity index (χ3v) is 3.95. The molecule has 0 bridgehead atoms. The first kappa shape index (κ1) is 21.6. The van der Waals surface area contributed by atoms with Gasteiger partial charge >= 0.3 is 6.36 Å². The van der Waals surface area contributed by atoms with E-state index in [0.29, 0.717) is 5.69 Å². The number of alkyl halides is 3. The van der Waals surface area contributed by atoms with Crippen molar-refractivity contribution in [3.63, 3.8) is 0 Å². The van der Waals surface area contributed by atoms with Gasteiger partial charge in [-0.1, -0.05) is 12.1 Å². The Morgan fingerprint density at radius 2 is 1.64 bits per heavy atom. The molecule has 5 nitrogen and oxygen atoms in total. The number of methoxy groups -OCH3 is 1. The van der Waals surface area contributed by atoms with Crippen molar-refractivity contribution in [2.45, 2.75) is 19.2 Å². The Morgan fingerprint density at radius 3 is 2.21 bits per heavy atom. The molecule has 0 unspecified atom stereocenters. The van der Waals surface area contributed by atoms with Crippen LogP contribution in [-0.4, -0.2) is 44.4 Å². The zero-order valence-corrected chi connectivity index (χ0v) is 15.8. The predicted molar refractivity (Wildman–Crippen MR) is 101 cm³/mol. The third kappa shape index (κ3) is 7.87.